The Labute approximate surface area is 213 Å². The zero-order valence-corrected chi connectivity index (χ0v) is 20.8. The van der Waals surface area contributed by atoms with Gasteiger partial charge in [-0.05, 0) is 31.6 Å². The van der Waals surface area contributed by atoms with Crippen molar-refractivity contribution in [3.63, 3.8) is 0 Å². The highest BCUT2D eigenvalue weighted by Gasteiger charge is 2.22. The molecule has 0 atom stereocenters. The highest BCUT2D eigenvalue weighted by atomic mass is 19.1. The Morgan fingerprint density at radius 1 is 1.24 bits per heavy atom. The lowest BCUT2D eigenvalue weighted by Gasteiger charge is -2.32. The van der Waals surface area contributed by atoms with Crippen LogP contribution in [-0.2, 0) is 6.42 Å². The summed E-state index contributed by atoms with van der Waals surface area (Å²) in [7, 11) is 0. The molecule has 1 aromatic carbocycles. The molecule has 1 fully saturated rings. The molecule has 0 spiro atoms. The number of anilines is 1. The van der Waals surface area contributed by atoms with Gasteiger partial charge in [-0.15, -0.1) is 6.58 Å². The normalized spacial score (nSPS) is 14.0. The zero-order chi connectivity index (χ0) is 26.2. The molecule has 0 aliphatic carbocycles. The quantitative estimate of drug-likeness (QED) is 0.298. The number of benzene rings is 1. The lowest BCUT2D eigenvalue weighted by molar-refractivity contribution is 0.0949. The minimum atomic E-state index is -0.956. The third kappa shape index (κ3) is 6.66. The number of hydrogen-bond donors (Lipinski definition) is 1. The fourth-order valence-electron chi connectivity index (χ4n) is 4.20. The van der Waals surface area contributed by atoms with Crippen molar-refractivity contribution in [2.24, 2.45) is 5.92 Å². The van der Waals surface area contributed by atoms with Gasteiger partial charge < -0.3 is 19.5 Å². The molecule has 1 N–H and O–H groups in total. The van der Waals surface area contributed by atoms with Gasteiger partial charge in [0, 0.05) is 50.6 Å². The Morgan fingerprint density at radius 2 is 1.95 bits per heavy atom. The van der Waals surface area contributed by atoms with E-state index >= 15 is 0 Å². The number of aromatic nitrogens is 4. The number of amides is 1. The number of hydrogen-bond acceptors (Lipinski definition) is 8. The van der Waals surface area contributed by atoms with Crippen LogP contribution in [0.4, 0.5) is 14.7 Å². The molecule has 11 heteroatoms. The molecule has 1 saturated heterocycles. The molecule has 3 heterocycles. The van der Waals surface area contributed by atoms with Crippen LogP contribution in [0.5, 0.6) is 5.75 Å². The van der Waals surface area contributed by atoms with Gasteiger partial charge in [0.25, 0.3) is 5.91 Å². The van der Waals surface area contributed by atoms with E-state index in [0.29, 0.717) is 42.2 Å². The second-order valence-electron chi connectivity index (χ2n) is 8.82. The van der Waals surface area contributed by atoms with Crippen molar-refractivity contribution in [2.75, 3.05) is 31.1 Å². The van der Waals surface area contributed by atoms with E-state index in [0.717, 1.165) is 50.9 Å². The summed E-state index contributed by atoms with van der Waals surface area (Å²) >= 11 is 0. The average molecular weight is 513 g/mol. The van der Waals surface area contributed by atoms with Crippen molar-refractivity contribution < 1.29 is 22.8 Å². The van der Waals surface area contributed by atoms with Crippen molar-refractivity contribution in [2.45, 2.75) is 39.0 Å². The number of nitrogens with zero attached hydrogens (tertiary/aromatic N) is 5. The summed E-state index contributed by atoms with van der Waals surface area (Å²) in [6.45, 7) is 7.55. The molecule has 1 aliphatic heterocycles. The number of halogens is 2. The first kappa shape index (κ1) is 26.2. The number of aryl methyl sites for hydroxylation is 1. The van der Waals surface area contributed by atoms with E-state index in [1.54, 1.807) is 12.4 Å². The van der Waals surface area contributed by atoms with Crippen LogP contribution in [0.25, 0.3) is 11.4 Å². The second-order valence-corrected chi connectivity index (χ2v) is 8.82. The van der Waals surface area contributed by atoms with Gasteiger partial charge in [0.05, 0.1) is 12.2 Å². The lowest BCUT2D eigenvalue weighted by atomic mass is 9.92. The number of rotatable bonds is 11. The molecule has 2 aromatic heterocycles. The van der Waals surface area contributed by atoms with Gasteiger partial charge >= 0.3 is 0 Å². The van der Waals surface area contributed by atoms with Gasteiger partial charge in [0.2, 0.25) is 17.7 Å². The summed E-state index contributed by atoms with van der Waals surface area (Å²) in [5.41, 5.74) is 0.0903. The van der Waals surface area contributed by atoms with Crippen LogP contribution >= 0.6 is 0 Å². The number of carbonyl (C=O) groups excluding carboxylic acids is 1. The first-order chi connectivity index (χ1) is 18.0. The van der Waals surface area contributed by atoms with E-state index in [1.807, 2.05) is 6.92 Å². The smallest absolute Gasteiger partial charge is 0.257 e. The summed E-state index contributed by atoms with van der Waals surface area (Å²) in [5, 5.41) is 6.31. The SMILES string of the molecule is C=CCNC(=O)c1c(F)cc(OCCCC2CCN(c3ncc(-c4noc(CC)n4)cn3)CC2)cc1F. The van der Waals surface area contributed by atoms with Gasteiger partial charge in [-0.1, -0.05) is 18.2 Å². The number of nitrogens with one attached hydrogen (secondary N) is 1. The second kappa shape index (κ2) is 12.4. The highest BCUT2D eigenvalue weighted by molar-refractivity contribution is 5.95. The summed E-state index contributed by atoms with van der Waals surface area (Å²) in [6, 6.07) is 2.08. The first-order valence-electron chi connectivity index (χ1n) is 12.4. The number of carbonyl (C=O) groups is 1. The molecular weight excluding hydrogens is 482 g/mol. The Balaban J connectivity index is 1.20. The van der Waals surface area contributed by atoms with Crippen molar-refractivity contribution in [3.05, 3.63) is 60.3 Å². The minimum absolute atomic E-state index is 0.0671. The van der Waals surface area contributed by atoms with Crippen LogP contribution < -0.4 is 15.0 Å². The van der Waals surface area contributed by atoms with Gasteiger partial charge in [-0.3, -0.25) is 4.79 Å². The third-order valence-corrected chi connectivity index (χ3v) is 6.24. The van der Waals surface area contributed by atoms with E-state index in [1.165, 1.54) is 6.08 Å². The average Bonchev–Trinajstić information content (AvgIpc) is 3.39. The molecular formula is C26H30F2N6O3. The van der Waals surface area contributed by atoms with Crippen LogP contribution in [0.1, 0.15) is 48.9 Å². The Bertz CT molecular complexity index is 1190. The van der Waals surface area contributed by atoms with Crippen LogP contribution in [0.3, 0.4) is 0 Å². The maximum atomic E-state index is 14.3. The van der Waals surface area contributed by atoms with E-state index in [4.69, 9.17) is 9.26 Å². The molecule has 4 rings (SSSR count). The zero-order valence-electron chi connectivity index (χ0n) is 20.8. The van der Waals surface area contributed by atoms with Crippen molar-refractivity contribution in [3.8, 4) is 17.1 Å². The summed E-state index contributed by atoms with van der Waals surface area (Å²) in [5.74, 6) is -0.410. The number of piperidine rings is 1. The van der Waals surface area contributed by atoms with Crippen LogP contribution in [-0.4, -0.2) is 52.3 Å². The van der Waals surface area contributed by atoms with E-state index in [9.17, 15) is 13.6 Å². The largest absolute Gasteiger partial charge is 0.493 e. The topological polar surface area (TPSA) is 106 Å². The van der Waals surface area contributed by atoms with Crippen molar-refractivity contribution >= 4 is 11.9 Å². The molecule has 0 radical (unpaired) electrons. The van der Waals surface area contributed by atoms with Gasteiger partial charge in [0.1, 0.15) is 22.9 Å². The predicted octanol–water partition coefficient (Wildman–Crippen LogP) is 4.36. The van der Waals surface area contributed by atoms with E-state index < -0.39 is 23.1 Å². The maximum absolute atomic E-state index is 14.3. The number of ether oxygens (including phenoxy) is 1. The lowest BCUT2D eigenvalue weighted by Crippen LogP contribution is -2.34. The van der Waals surface area contributed by atoms with Gasteiger partial charge in [-0.2, -0.15) is 4.98 Å². The molecule has 1 amide bonds. The molecule has 0 unspecified atom stereocenters. The fraction of sp³-hybridized carbons (Fsp3) is 0.423. The molecule has 37 heavy (non-hydrogen) atoms. The Kier molecular flexibility index (Phi) is 8.76. The molecule has 0 bridgehead atoms. The first-order valence-corrected chi connectivity index (χ1v) is 12.4. The van der Waals surface area contributed by atoms with E-state index in [2.05, 4.69) is 36.9 Å². The molecule has 3 aromatic rings. The van der Waals surface area contributed by atoms with Crippen LogP contribution in [0, 0.1) is 17.6 Å². The molecule has 1 aliphatic rings. The summed E-state index contributed by atoms with van der Waals surface area (Å²) in [6.07, 6.45) is 9.21. The molecule has 9 nitrogen and oxygen atoms in total. The van der Waals surface area contributed by atoms with Crippen molar-refractivity contribution in [1.29, 1.82) is 0 Å². The highest BCUT2D eigenvalue weighted by Crippen LogP contribution is 2.26. The van der Waals surface area contributed by atoms with E-state index in [-0.39, 0.29) is 12.3 Å². The predicted molar refractivity (Wildman–Crippen MR) is 133 cm³/mol. The van der Waals surface area contributed by atoms with Gasteiger partial charge in [0.15, 0.2) is 0 Å². The minimum Gasteiger partial charge on any atom is -0.493 e. The Morgan fingerprint density at radius 3 is 2.57 bits per heavy atom. The standard InChI is InChI=1S/C26H30F2N6O3/c1-3-9-29-25(35)23-20(27)13-19(14-21(23)28)36-12-5-6-17-7-10-34(11-8-17)26-30-15-18(16-31-26)24-32-22(4-2)37-33-24/h3,13-17H,1,4-12H2,2H3,(H,29,35). The summed E-state index contributed by atoms with van der Waals surface area (Å²) < 4.78 is 39.2. The van der Waals surface area contributed by atoms with Crippen LogP contribution in [0.2, 0.25) is 0 Å². The summed E-state index contributed by atoms with van der Waals surface area (Å²) in [4.78, 5) is 27.3. The van der Waals surface area contributed by atoms with Crippen molar-refractivity contribution in [1.82, 2.24) is 25.4 Å². The van der Waals surface area contributed by atoms with Gasteiger partial charge in [-0.25, -0.2) is 18.7 Å². The molecule has 196 valence electrons. The third-order valence-electron chi connectivity index (χ3n) is 6.24. The maximum Gasteiger partial charge on any atom is 0.257 e. The fourth-order valence-corrected chi connectivity index (χ4v) is 4.20. The molecule has 0 saturated carbocycles. The monoisotopic (exact) mass is 512 g/mol. The van der Waals surface area contributed by atoms with Crippen LogP contribution in [0.15, 0.2) is 41.7 Å². The Hall–Kier alpha value is -3.89.